The molecule has 0 saturated heterocycles. The first-order chi connectivity index (χ1) is 11.0. The van der Waals surface area contributed by atoms with Crippen molar-refractivity contribution in [2.45, 2.75) is 20.8 Å². The molecule has 0 aromatic heterocycles. The molecule has 0 unspecified atom stereocenters. The second-order valence-electron chi connectivity index (χ2n) is 5.30. The van der Waals surface area contributed by atoms with Crippen LogP contribution in [0.2, 0.25) is 0 Å². The summed E-state index contributed by atoms with van der Waals surface area (Å²) < 4.78 is 6.46. The average Bonchev–Trinajstić information content (AvgIpc) is 2.54. The second kappa shape index (κ2) is 7.92. The molecule has 0 bridgehead atoms. The Balaban J connectivity index is 1.88. The van der Waals surface area contributed by atoms with Gasteiger partial charge < -0.3 is 4.74 Å². The van der Waals surface area contributed by atoms with Crippen molar-refractivity contribution >= 4 is 27.5 Å². The highest BCUT2D eigenvalue weighted by Gasteiger charge is 2.04. The Labute approximate surface area is 144 Å². The maximum Gasteiger partial charge on any atom is 0.277 e. The largest absolute Gasteiger partial charge is 0.484 e. The Bertz CT molecular complexity index is 724. The third kappa shape index (κ3) is 5.21. The van der Waals surface area contributed by atoms with Crippen molar-refractivity contribution in [3.05, 3.63) is 63.6 Å². The summed E-state index contributed by atoms with van der Waals surface area (Å²) in [6.45, 7) is 5.76. The predicted molar refractivity (Wildman–Crippen MR) is 95.9 cm³/mol. The maximum atomic E-state index is 11.8. The molecule has 5 heteroatoms. The van der Waals surface area contributed by atoms with Gasteiger partial charge in [0.15, 0.2) is 6.61 Å². The fourth-order valence-electron chi connectivity index (χ4n) is 1.89. The van der Waals surface area contributed by atoms with Crippen LogP contribution in [0.4, 0.5) is 0 Å². The highest BCUT2D eigenvalue weighted by atomic mass is 79.9. The molecule has 1 amide bonds. The standard InChI is InChI=1S/C18H19BrN2O2/c1-12-4-6-15(7-5-12)14(3)20-21-18(22)11-23-16-8-9-17(19)13(2)10-16/h4-10H,11H2,1-3H3,(H,21,22)/b20-14+. The molecule has 0 aliphatic carbocycles. The lowest BCUT2D eigenvalue weighted by atomic mass is 10.1. The summed E-state index contributed by atoms with van der Waals surface area (Å²) in [5, 5.41) is 4.10. The van der Waals surface area contributed by atoms with E-state index < -0.39 is 0 Å². The molecule has 1 N–H and O–H groups in total. The minimum Gasteiger partial charge on any atom is -0.484 e. The summed E-state index contributed by atoms with van der Waals surface area (Å²) in [5.74, 6) is 0.358. The van der Waals surface area contributed by atoms with Gasteiger partial charge in [0.05, 0.1) is 5.71 Å². The molecule has 0 aliphatic heterocycles. The van der Waals surface area contributed by atoms with Crippen LogP contribution in [-0.2, 0) is 4.79 Å². The summed E-state index contributed by atoms with van der Waals surface area (Å²) in [4.78, 5) is 11.8. The smallest absolute Gasteiger partial charge is 0.277 e. The summed E-state index contributed by atoms with van der Waals surface area (Å²) >= 11 is 3.42. The normalized spacial score (nSPS) is 11.2. The summed E-state index contributed by atoms with van der Waals surface area (Å²) in [5.41, 5.74) is 6.46. The number of halogens is 1. The van der Waals surface area contributed by atoms with E-state index in [2.05, 4.69) is 26.5 Å². The van der Waals surface area contributed by atoms with Gasteiger partial charge in [0.2, 0.25) is 0 Å². The van der Waals surface area contributed by atoms with Crippen molar-refractivity contribution in [3.63, 3.8) is 0 Å². The molecule has 0 aliphatic rings. The fourth-order valence-corrected chi connectivity index (χ4v) is 2.14. The van der Waals surface area contributed by atoms with Gasteiger partial charge in [-0.25, -0.2) is 5.43 Å². The molecular formula is C18H19BrN2O2. The molecule has 0 radical (unpaired) electrons. The third-order valence-corrected chi connectivity index (χ3v) is 4.21. The van der Waals surface area contributed by atoms with E-state index in [1.807, 2.05) is 63.2 Å². The van der Waals surface area contributed by atoms with Crippen molar-refractivity contribution in [2.24, 2.45) is 5.10 Å². The lowest BCUT2D eigenvalue weighted by Crippen LogP contribution is -2.25. The Morgan fingerprint density at radius 3 is 2.52 bits per heavy atom. The van der Waals surface area contributed by atoms with Crippen molar-refractivity contribution in [1.82, 2.24) is 5.43 Å². The van der Waals surface area contributed by atoms with Crippen LogP contribution in [0, 0.1) is 13.8 Å². The van der Waals surface area contributed by atoms with E-state index in [9.17, 15) is 4.79 Å². The van der Waals surface area contributed by atoms with Crippen LogP contribution in [0.3, 0.4) is 0 Å². The number of nitrogens with zero attached hydrogens (tertiary/aromatic N) is 1. The number of hydrazone groups is 1. The monoisotopic (exact) mass is 374 g/mol. The second-order valence-corrected chi connectivity index (χ2v) is 6.15. The lowest BCUT2D eigenvalue weighted by molar-refractivity contribution is -0.123. The van der Waals surface area contributed by atoms with Gasteiger partial charge in [-0.05, 0) is 50.1 Å². The van der Waals surface area contributed by atoms with Crippen LogP contribution >= 0.6 is 15.9 Å². The fraction of sp³-hybridized carbons (Fsp3) is 0.222. The Morgan fingerprint density at radius 2 is 1.87 bits per heavy atom. The molecule has 0 heterocycles. The van der Waals surface area contributed by atoms with Crippen LogP contribution in [-0.4, -0.2) is 18.2 Å². The summed E-state index contributed by atoms with van der Waals surface area (Å²) in [7, 11) is 0. The predicted octanol–water partition coefficient (Wildman–Crippen LogP) is 3.99. The quantitative estimate of drug-likeness (QED) is 0.635. The molecule has 0 spiro atoms. The molecule has 2 aromatic carbocycles. The van der Waals surface area contributed by atoms with Gasteiger partial charge in [-0.1, -0.05) is 45.8 Å². The first kappa shape index (κ1) is 17.2. The molecule has 0 saturated carbocycles. The van der Waals surface area contributed by atoms with Crippen LogP contribution in [0.5, 0.6) is 5.75 Å². The molecule has 2 rings (SSSR count). The number of hydrogen-bond donors (Lipinski definition) is 1. The maximum absolute atomic E-state index is 11.8. The number of carbonyl (C=O) groups excluding carboxylic acids is 1. The van der Waals surface area contributed by atoms with Crippen molar-refractivity contribution in [3.8, 4) is 5.75 Å². The van der Waals surface area contributed by atoms with Crippen molar-refractivity contribution < 1.29 is 9.53 Å². The van der Waals surface area contributed by atoms with E-state index in [0.717, 1.165) is 21.3 Å². The highest BCUT2D eigenvalue weighted by molar-refractivity contribution is 9.10. The SMILES string of the molecule is C/C(=N\NC(=O)COc1ccc(Br)c(C)c1)c1ccc(C)cc1. The van der Waals surface area contributed by atoms with Gasteiger partial charge in [0.25, 0.3) is 5.91 Å². The zero-order valence-electron chi connectivity index (χ0n) is 13.4. The Morgan fingerprint density at radius 1 is 1.17 bits per heavy atom. The first-order valence-corrected chi connectivity index (χ1v) is 8.04. The van der Waals surface area contributed by atoms with E-state index >= 15 is 0 Å². The molecular weight excluding hydrogens is 356 g/mol. The van der Waals surface area contributed by atoms with Crippen LogP contribution in [0.1, 0.15) is 23.6 Å². The van der Waals surface area contributed by atoms with E-state index in [1.54, 1.807) is 0 Å². The van der Waals surface area contributed by atoms with Crippen molar-refractivity contribution in [2.75, 3.05) is 6.61 Å². The molecule has 120 valence electrons. The number of ether oxygens (including phenoxy) is 1. The van der Waals surface area contributed by atoms with Crippen LogP contribution in [0.15, 0.2) is 52.0 Å². The molecule has 0 fully saturated rings. The Hall–Kier alpha value is -2.14. The first-order valence-electron chi connectivity index (χ1n) is 7.25. The number of carbonyl (C=O) groups is 1. The van der Waals surface area contributed by atoms with E-state index in [4.69, 9.17) is 4.74 Å². The van der Waals surface area contributed by atoms with Crippen molar-refractivity contribution in [1.29, 1.82) is 0 Å². The Kier molecular flexibility index (Phi) is 5.93. The lowest BCUT2D eigenvalue weighted by Gasteiger charge is -2.07. The van der Waals surface area contributed by atoms with Gasteiger partial charge in [-0.2, -0.15) is 5.10 Å². The topological polar surface area (TPSA) is 50.7 Å². The van der Waals surface area contributed by atoms with Gasteiger partial charge in [-0.3, -0.25) is 4.79 Å². The van der Waals surface area contributed by atoms with Crippen LogP contribution in [0.25, 0.3) is 0 Å². The highest BCUT2D eigenvalue weighted by Crippen LogP contribution is 2.21. The van der Waals surface area contributed by atoms with Gasteiger partial charge in [0, 0.05) is 4.47 Å². The molecule has 2 aromatic rings. The minimum atomic E-state index is -0.294. The number of rotatable bonds is 5. The number of benzene rings is 2. The third-order valence-electron chi connectivity index (χ3n) is 3.32. The summed E-state index contributed by atoms with van der Waals surface area (Å²) in [6.07, 6.45) is 0. The molecule has 23 heavy (non-hydrogen) atoms. The van der Waals surface area contributed by atoms with E-state index in [1.165, 1.54) is 5.56 Å². The molecule has 4 nitrogen and oxygen atoms in total. The minimum absolute atomic E-state index is 0.0776. The number of amides is 1. The van der Waals surface area contributed by atoms with E-state index in [-0.39, 0.29) is 12.5 Å². The number of hydrogen-bond acceptors (Lipinski definition) is 3. The number of nitrogens with one attached hydrogen (secondary N) is 1. The average molecular weight is 375 g/mol. The zero-order chi connectivity index (χ0) is 16.8. The zero-order valence-corrected chi connectivity index (χ0v) is 15.0. The number of aryl methyl sites for hydroxylation is 2. The molecule has 0 atom stereocenters. The van der Waals surface area contributed by atoms with E-state index in [0.29, 0.717) is 5.75 Å². The van der Waals surface area contributed by atoms with Gasteiger partial charge in [-0.15, -0.1) is 0 Å². The van der Waals surface area contributed by atoms with Gasteiger partial charge >= 0.3 is 0 Å². The summed E-state index contributed by atoms with van der Waals surface area (Å²) in [6, 6.07) is 13.5. The van der Waals surface area contributed by atoms with Crippen LogP contribution < -0.4 is 10.2 Å². The van der Waals surface area contributed by atoms with Gasteiger partial charge in [0.1, 0.15) is 5.75 Å².